The number of aliphatic hydroxyl groups is 1. The lowest BCUT2D eigenvalue weighted by Gasteiger charge is -2.27. The summed E-state index contributed by atoms with van der Waals surface area (Å²) >= 11 is 0. The fraction of sp³-hybridized carbons (Fsp3) is 0.467. The van der Waals surface area contributed by atoms with E-state index < -0.39 is 0 Å². The number of fused-ring (bicyclic) bond motifs is 3. The van der Waals surface area contributed by atoms with E-state index >= 15 is 0 Å². The second-order valence-electron chi connectivity index (χ2n) is 5.03. The van der Waals surface area contributed by atoms with Crippen molar-refractivity contribution in [1.82, 2.24) is 0 Å². The lowest BCUT2D eigenvalue weighted by atomic mass is 9.82. The summed E-state index contributed by atoms with van der Waals surface area (Å²) in [6, 6.07) is 5.97. The third-order valence-electron chi connectivity index (χ3n) is 3.79. The first-order valence-electron chi connectivity index (χ1n) is 6.50. The number of aliphatic hydroxyl groups excluding tert-OH is 1. The summed E-state index contributed by atoms with van der Waals surface area (Å²) < 4.78 is 11.5. The molecule has 2 unspecified atom stereocenters. The first-order chi connectivity index (χ1) is 8.78. The predicted octanol–water partition coefficient (Wildman–Crippen LogP) is 2.64. The number of hydrogen-bond donors (Lipinski definition) is 1. The van der Waals surface area contributed by atoms with Crippen molar-refractivity contribution < 1.29 is 14.6 Å². The SMILES string of the molecule is C=CCOc1ccc2c(c1)C1CC[C@H](O)CC1O2. The Kier molecular flexibility index (Phi) is 3.00. The Morgan fingerprint density at radius 1 is 1.44 bits per heavy atom. The van der Waals surface area contributed by atoms with Crippen molar-refractivity contribution in [2.24, 2.45) is 0 Å². The zero-order valence-electron chi connectivity index (χ0n) is 10.3. The molecule has 0 radical (unpaired) electrons. The first-order valence-corrected chi connectivity index (χ1v) is 6.50. The lowest BCUT2D eigenvalue weighted by Crippen LogP contribution is -2.30. The van der Waals surface area contributed by atoms with Crippen molar-refractivity contribution >= 4 is 0 Å². The molecule has 1 N–H and O–H groups in total. The van der Waals surface area contributed by atoms with Gasteiger partial charge in [-0.3, -0.25) is 0 Å². The highest BCUT2D eigenvalue weighted by atomic mass is 16.5. The number of rotatable bonds is 3. The molecule has 2 aliphatic rings. The van der Waals surface area contributed by atoms with Crippen molar-refractivity contribution in [2.45, 2.75) is 37.4 Å². The number of benzene rings is 1. The van der Waals surface area contributed by atoms with Gasteiger partial charge < -0.3 is 14.6 Å². The molecule has 1 heterocycles. The molecule has 0 bridgehead atoms. The van der Waals surface area contributed by atoms with E-state index in [9.17, 15) is 5.11 Å². The topological polar surface area (TPSA) is 38.7 Å². The average molecular weight is 246 g/mol. The standard InChI is InChI=1S/C15H18O3/c1-2-7-17-11-4-6-14-13(9-11)12-5-3-10(16)8-15(12)18-14/h2,4,6,9-10,12,15-16H,1,3,5,7-8H2/t10-,12?,15?/m0/s1. The van der Waals surface area contributed by atoms with Gasteiger partial charge in [-0.15, -0.1) is 0 Å². The van der Waals surface area contributed by atoms with Gasteiger partial charge in [-0.1, -0.05) is 12.7 Å². The van der Waals surface area contributed by atoms with Gasteiger partial charge >= 0.3 is 0 Å². The van der Waals surface area contributed by atoms with E-state index in [-0.39, 0.29) is 12.2 Å². The summed E-state index contributed by atoms with van der Waals surface area (Å²) in [6.45, 7) is 4.16. The van der Waals surface area contributed by atoms with Gasteiger partial charge in [0.25, 0.3) is 0 Å². The van der Waals surface area contributed by atoms with Crippen LogP contribution in [0, 0.1) is 0 Å². The van der Waals surface area contributed by atoms with E-state index in [1.165, 1.54) is 5.56 Å². The van der Waals surface area contributed by atoms with Crippen LogP contribution in [-0.4, -0.2) is 23.9 Å². The van der Waals surface area contributed by atoms with Crippen molar-refractivity contribution in [3.05, 3.63) is 36.4 Å². The first kappa shape index (κ1) is 11.6. The normalized spacial score (nSPS) is 29.1. The minimum Gasteiger partial charge on any atom is -0.490 e. The van der Waals surface area contributed by atoms with E-state index in [0.717, 1.165) is 30.8 Å². The van der Waals surface area contributed by atoms with Crippen molar-refractivity contribution in [2.75, 3.05) is 6.61 Å². The fourth-order valence-electron chi connectivity index (χ4n) is 2.93. The van der Waals surface area contributed by atoms with Crippen molar-refractivity contribution in [3.63, 3.8) is 0 Å². The monoisotopic (exact) mass is 246 g/mol. The fourth-order valence-corrected chi connectivity index (χ4v) is 2.93. The zero-order valence-corrected chi connectivity index (χ0v) is 10.3. The van der Waals surface area contributed by atoms with Crippen molar-refractivity contribution in [3.8, 4) is 11.5 Å². The van der Waals surface area contributed by atoms with E-state index in [1.54, 1.807) is 6.08 Å². The third kappa shape index (κ3) is 1.99. The maximum Gasteiger partial charge on any atom is 0.123 e. The maximum absolute atomic E-state index is 9.69. The Hall–Kier alpha value is -1.48. The van der Waals surface area contributed by atoms with Gasteiger partial charge in [-0.25, -0.2) is 0 Å². The third-order valence-corrected chi connectivity index (χ3v) is 3.79. The Balaban J connectivity index is 1.83. The summed E-state index contributed by atoms with van der Waals surface area (Å²) in [4.78, 5) is 0. The Morgan fingerprint density at radius 2 is 2.33 bits per heavy atom. The second kappa shape index (κ2) is 4.65. The molecule has 0 saturated heterocycles. The summed E-state index contributed by atoms with van der Waals surface area (Å²) in [5, 5.41) is 9.69. The van der Waals surface area contributed by atoms with Crippen LogP contribution in [0.1, 0.15) is 30.7 Å². The number of hydrogen-bond acceptors (Lipinski definition) is 3. The molecule has 18 heavy (non-hydrogen) atoms. The molecule has 3 rings (SSSR count). The molecule has 1 fully saturated rings. The molecule has 96 valence electrons. The molecule has 3 heteroatoms. The molecule has 1 aliphatic heterocycles. The highest BCUT2D eigenvalue weighted by Gasteiger charge is 2.39. The predicted molar refractivity (Wildman–Crippen MR) is 69.1 cm³/mol. The van der Waals surface area contributed by atoms with Crippen LogP contribution >= 0.6 is 0 Å². The van der Waals surface area contributed by atoms with Gasteiger partial charge in [-0.2, -0.15) is 0 Å². The highest BCUT2D eigenvalue weighted by Crippen LogP contribution is 2.46. The van der Waals surface area contributed by atoms with Gasteiger partial charge in [0.05, 0.1) is 6.10 Å². The van der Waals surface area contributed by atoms with Gasteiger partial charge in [-0.05, 0) is 31.0 Å². The van der Waals surface area contributed by atoms with Crippen LogP contribution in [0.4, 0.5) is 0 Å². The molecular formula is C15H18O3. The molecule has 1 saturated carbocycles. The van der Waals surface area contributed by atoms with Crippen LogP contribution < -0.4 is 9.47 Å². The van der Waals surface area contributed by atoms with Gasteiger partial charge in [0.1, 0.15) is 24.2 Å². The molecule has 1 aromatic carbocycles. The van der Waals surface area contributed by atoms with Crippen LogP contribution in [0.15, 0.2) is 30.9 Å². The molecule has 0 amide bonds. The minimum absolute atomic E-state index is 0.137. The molecule has 1 aromatic rings. The van der Waals surface area contributed by atoms with Crippen LogP contribution in [0.2, 0.25) is 0 Å². The zero-order chi connectivity index (χ0) is 12.5. The van der Waals surface area contributed by atoms with Crippen LogP contribution in [0.5, 0.6) is 11.5 Å². The molecular weight excluding hydrogens is 228 g/mol. The molecule has 1 aliphatic carbocycles. The van der Waals surface area contributed by atoms with Crippen LogP contribution in [0.3, 0.4) is 0 Å². The summed E-state index contributed by atoms with van der Waals surface area (Å²) in [6.07, 6.45) is 4.26. The smallest absolute Gasteiger partial charge is 0.123 e. The van der Waals surface area contributed by atoms with Gasteiger partial charge in [0.15, 0.2) is 0 Å². The van der Waals surface area contributed by atoms with E-state index in [1.807, 2.05) is 12.1 Å². The Morgan fingerprint density at radius 3 is 3.17 bits per heavy atom. The van der Waals surface area contributed by atoms with Gasteiger partial charge in [0.2, 0.25) is 0 Å². The highest BCUT2D eigenvalue weighted by molar-refractivity contribution is 5.46. The quantitative estimate of drug-likeness (QED) is 0.833. The molecule has 0 aromatic heterocycles. The molecule has 0 spiro atoms. The Labute approximate surface area is 107 Å². The van der Waals surface area contributed by atoms with Gasteiger partial charge in [0, 0.05) is 17.9 Å². The van der Waals surface area contributed by atoms with E-state index in [2.05, 4.69) is 12.6 Å². The molecule has 3 atom stereocenters. The lowest BCUT2D eigenvalue weighted by molar-refractivity contribution is 0.0551. The van der Waals surface area contributed by atoms with Crippen molar-refractivity contribution in [1.29, 1.82) is 0 Å². The van der Waals surface area contributed by atoms with Crippen LogP contribution in [-0.2, 0) is 0 Å². The maximum atomic E-state index is 9.69. The average Bonchev–Trinajstić information content (AvgIpc) is 2.72. The van der Waals surface area contributed by atoms with Crippen LogP contribution in [0.25, 0.3) is 0 Å². The largest absolute Gasteiger partial charge is 0.490 e. The minimum atomic E-state index is -0.211. The summed E-state index contributed by atoms with van der Waals surface area (Å²) in [7, 11) is 0. The van der Waals surface area contributed by atoms with E-state index in [4.69, 9.17) is 9.47 Å². The Bertz CT molecular complexity index is 455. The number of ether oxygens (including phenoxy) is 2. The summed E-state index contributed by atoms with van der Waals surface area (Å²) in [5.41, 5.74) is 1.23. The second-order valence-corrected chi connectivity index (χ2v) is 5.03. The summed E-state index contributed by atoms with van der Waals surface area (Å²) in [5.74, 6) is 2.23. The van der Waals surface area contributed by atoms with E-state index in [0.29, 0.717) is 12.5 Å². The molecule has 3 nitrogen and oxygen atoms in total.